The van der Waals surface area contributed by atoms with Crippen LogP contribution in [0.3, 0.4) is 0 Å². The molecule has 0 amide bonds. The van der Waals surface area contributed by atoms with E-state index in [2.05, 4.69) is 0 Å². The summed E-state index contributed by atoms with van der Waals surface area (Å²) in [7, 11) is 0. The van der Waals surface area contributed by atoms with Crippen LogP contribution in [0.1, 0.15) is 31.1 Å². The number of rotatable bonds is 6. The third kappa shape index (κ3) is 4.41. The van der Waals surface area contributed by atoms with Crippen LogP contribution >= 0.6 is 0 Å². The number of carboxylic acids is 1. The van der Waals surface area contributed by atoms with E-state index in [1.807, 2.05) is 0 Å². The maximum absolute atomic E-state index is 11.9. The first-order valence-corrected chi connectivity index (χ1v) is 6.81. The Morgan fingerprint density at radius 3 is 1.87 bits per heavy atom. The highest BCUT2D eigenvalue weighted by Gasteiger charge is 2.17. The van der Waals surface area contributed by atoms with Gasteiger partial charge in [-0.05, 0) is 24.3 Å². The Labute approximate surface area is 132 Å². The van der Waals surface area contributed by atoms with Gasteiger partial charge in [-0.15, -0.1) is 0 Å². The van der Waals surface area contributed by atoms with Gasteiger partial charge in [0.25, 0.3) is 0 Å². The van der Waals surface area contributed by atoms with Crippen LogP contribution in [0.4, 0.5) is 0 Å². The van der Waals surface area contributed by atoms with Crippen molar-refractivity contribution in [3.05, 3.63) is 71.3 Å². The fourth-order valence-electron chi connectivity index (χ4n) is 1.85. The first-order chi connectivity index (χ1) is 11.1. The van der Waals surface area contributed by atoms with E-state index in [0.29, 0.717) is 5.56 Å². The quantitative estimate of drug-likeness (QED) is 0.650. The molecular weight excluding hydrogens is 300 g/mol. The van der Waals surface area contributed by atoms with Gasteiger partial charge in [0.2, 0.25) is 0 Å². The molecule has 2 rings (SSSR count). The lowest BCUT2D eigenvalue weighted by molar-refractivity contribution is 0.0264. The van der Waals surface area contributed by atoms with Crippen molar-refractivity contribution in [2.24, 2.45) is 0 Å². The Morgan fingerprint density at radius 2 is 1.26 bits per heavy atom. The predicted octanol–water partition coefficient (Wildman–Crippen LogP) is 2.40. The molecule has 23 heavy (non-hydrogen) atoms. The maximum Gasteiger partial charge on any atom is 0.339 e. The van der Waals surface area contributed by atoms with Crippen molar-refractivity contribution in [1.29, 1.82) is 0 Å². The number of esters is 2. The van der Waals surface area contributed by atoms with Crippen molar-refractivity contribution in [3.8, 4) is 0 Å². The van der Waals surface area contributed by atoms with Crippen molar-refractivity contribution in [2.75, 3.05) is 13.2 Å². The highest BCUT2D eigenvalue weighted by molar-refractivity contribution is 6.02. The van der Waals surface area contributed by atoms with Gasteiger partial charge in [0.15, 0.2) is 0 Å². The molecule has 0 aliphatic rings. The monoisotopic (exact) mass is 314 g/mol. The third-order valence-electron chi connectivity index (χ3n) is 2.94. The Kier molecular flexibility index (Phi) is 5.46. The molecule has 2 aromatic rings. The average molecular weight is 314 g/mol. The number of carbonyl (C=O) groups excluding carboxylic acids is 2. The summed E-state index contributed by atoms with van der Waals surface area (Å²) < 4.78 is 9.89. The number of carbonyl (C=O) groups is 3. The van der Waals surface area contributed by atoms with E-state index < -0.39 is 17.9 Å². The van der Waals surface area contributed by atoms with Gasteiger partial charge >= 0.3 is 17.9 Å². The van der Waals surface area contributed by atoms with E-state index in [9.17, 15) is 14.4 Å². The van der Waals surface area contributed by atoms with E-state index >= 15 is 0 Å². The van der Waals surface area contributed by atoms with Gasteiger partial charge in [-0.25, -0.2) is 14.4 Å². The molecule has 0 saturated carbocycles. The van der Waals surface area contributed by atoms with E-state index in [0.717, 1.165) is 0 Å². The lowest BCUT2D eigenvalue weighted by Crippen LogP contribution is -2.16. The number of hydrogen-bond donors (Lipinski definition) is 1. The van der Waals surface area contributed by atoms with Gasteiger partial charge in [-0.2, -0.15) is 0 Å². The van der Waals surface area contributed by atoms with Crippen molar-refractivity contribution < 1.29 is 29.0 Å². The van der Waals surface area contributed by atoms with Crippen LogP contribution in [-0.2, 0) is 9.47 Å². The minimum atomic E-state index is -1.21. The van der Waals surface area contributed by atoms with Gasteiger partial charge in [-0.1, -0.05) is 30.3 Å². The molecule has 0 atom stereocenters. The Morgan fingerprint density at radius 1 is 0.739 bits per heavy atom. The van der Waals surface area contributed by atoms with Gasteiger partial charge in [-0.3, -0.25) is 0 Å². The summed E-state index contributed by atoms with van der Waals surface area (Å²) >= 11 is 0. The second-order valence-corrected chi connectivity index (χ2v) is 4.49. The van der Waals surface area contributed by atoms with Crippen molar-refractivity contribution in [2.45, 2.75) is 0 Å². The highest BCUT2D eigenvalue weighted by Crippen LogP contribution is 2.10. The molecule has 0 bridgehead atoms. The third-order valence-corrected chi connectivity index (χ3v) is 2.94. The van der Waals surface area contributed by atoms with Gasteiger partial charge in [0, 0.05) is 0 Å². The van der Waals surface area contributed by atoms with E-state index in [1.165, 1.54) is 18.2 Å². The van der Waals surface area contributed by atoms with Crippen LogP contribution in [-0.4, -0.2) is 36.2 Å². The van der Waals surface area contributed by atoms with Crippen LogP contribution < -0.4 is 0 Å². The summed E-state index contributed by atoms with van der Waals surface area (Å²) in [5.41, 5.74) is 0.211. The summed E-state index contributed by atoms with van der Waals surface area (Å²) in [4.78, 5) is 34.5. The summed E-state index contributed by atoms with van der Waals surface area (Å²) in [6, 6.07) is 14.1. The van der Waals surface area contributed by atoms with Gasteiger partial charge in [0.05, 0.1) is 16.7 Å². The zero-order chi connectivity index (χ0) is 16.7. The molecule has 1 N–H and O–H groups in total. The largest absolute Gasteiger partial charge is 0.478 e. The summed E-state index contributed by atoms with van der Waals surface area (Å²) in [6.45, 7) is -0.278. The zero-order valence-corrected chi connectivity index (χ0v) is 12.1. The van der Waals surface area contributed by atoms with Crippen molar-refractivity contribution >= 4 is 17.9 Å². The van der Waals surface area contributed by atoms with Crippen LogP contribution in [0.5, 0.6) is 0 Å². The molecule has 0 unspecified atom stereocenters. The van der Waals surface area contributed by atoms with E-state index in [1.54, 1.807) is 36.4 Å². The van der Waals surface area contributed by atoms with E-state index in [4.69, 9.17) is 14.6 Å². The molecule has 0 heterocycles. The number of hydrogen-bond acceptors (Lipinski definition) is 5. The fraction of sp³-hybridized carbons (Fsp3) is 0.118. The van der Waals surface area contributed by atoms with Crippen LogP contribution in [0.15, 0.2) is 54.6 Å². The Bertz CT molecular complexity index is 708. The number of carboxylic acid groups (broad SMARTS) is 1. The van der Waals surface area contributed by atoms with E-state index in [-0.39, 0.29) is 24.3 Å². The van der Waals surface area contributed by atoms with Crippen LogP contribution in [0, 0.1) is 0 Å². The molecule has 0 saturated heterocycles. The Hall–Kier alpha value is -3.15. The molecule has 6 heteroatoms. The molecular formula is C17H14O6. The normalized spacial score (nSPS) is 9.91. The maximum atomic E-state index is 11.9. The summed E-state index contributed by atoms with van der Waals surface area (Å²) in [5, 5.41) is 9.01. The smallest absolute Gasteiger partial charge is 0.339 e. The average Bonchev–Trinajstić information content (AvgIpc) is 2.59. The molecule has 0 radical (unpaired) electrons. The number of aromatic carboxylic acids is 1. The van der Waals surface area contributed by atoms with Crippen LogP contribution in [0.25, 0.3) is 0 Å². The summed E-state index contributed by atoms with van der Waals surface area (Å²) in [6.07, 6.45) is 0. The topological polar surface area (TPSA) is 89.9 Å². The second-order valence-electron chi connectivity index (χ2n) is 4.49. The molecule has 0 aromatic heterocycles. The first-order valence-electron chi connectivity index (χ1n) is 6.81. The molecule has 0 spiro atoms. The fourth-order valence-corrected chi connectivity index (χ4v) is 1.85. The second kappa shape index (κ2) is 7.74. The standard InChI is InChI=1S/C17H14O6/c18-15(19)13-8-4-5-9-14(13)17(21)23-11-10-22-16(20)12-6-2-1-3-7-12/h1-9H,10-11H2,(H,18,19). The van der Waals surface area contributed by atoms with Gasteiger partial charge < -0.3 is 14.6 Å². The van der Waals surface area contributed by atoms with Crippen molar-refractivity contribution in [1.82, 2.24) is 0 Å². The predicted molar refractivity (Wildman–Crippen MR) is 80.4 cm³/mol. The minimum Gasteiger partial charge on any atom is -0.478 e. The molecule has 0 aliphatic heterocycles. The highest BCUT2D eigenvalue weighted by atomic mass is 16.6. The first kappa shape index (κ1) is 16.2. The molecule has 0 fully saturated rings. The zero-order valence-electron chi connectivity index (χ0n) is 12.1. The summed E-state index contributed by atoms with van der Waals surface area (Å²) in [5.74, 6) is -2.51. The van der Waals surface area contributed by atoms with Gasteiger partial charge in [0.1, 0.15) is 13.2 Å². The Balaban J connectivity index is 1.84. The molecule has 118 valence electrons. The lowest BCUT2D eigenvalue weighted by Gasteiger charge is -2.08. The molecule has 2 aromatic carbocycles. The minimum absolute atomic E-state index is 0.0469. The molecule has 6 nitrogen and oxygen atoms in total. The SMILES string of the molecule is O=C(OCCOC(=O)c1ccccc1C(=O)O)c1ccccc1. The number of ether oxygens (including phenoxy) is 2. The van der Waals surface area contributed by atoms with Crippen LogP contribution in [0.2, 0.25) is 0 Å². The molecule has 0 aliphatic carbocycles. The number of benzene rings is 2. The lowest BCUT2D eigenvalue weighted by atomic mass is 10.1. The van der Waals surface area contributed by atoms with Crippen molar-refractivity contribution in [3.63, 3.8) is 0 Å².